The zero-order valence-electron chi connectivity index (χ0n) is 16.6. The number of pyridine rings is 2. The molecule has 30 heavy (non-hydrogen) atoms. The minimum atomic E-state index is 0.481. The topological polar surface area (TPSA) is 113 Å². The lowest BCUT2D eigenvalue weighted by molar-refractivity contribution is 0.453. The molecule has 0 saturated carbocycles. The van der Waals surface area contributed by atoms with Crippen molar-refractivity contribution >= 4 is 21.9 Å². The molecule has 0 atom stereocenters. The molecule has 150 valence electrons. The van der Waals surface area contributed by atoms with Crippen LogP contribution in [0.4, 0.5) is 0 Å². The third kappa shape index (κ3) is 2.78. The fraction of sp³-hybridized carbons (Fsp3) is 0.286. The van der Waals surface area contributed by atoms with Gasteiger partial charge in [0.05, 0.1) is 47.3 Å². The molecule has 5 aromatic heterocycles. The lowest BCUT2D eigenvalue weighted by atomic mass is 9.93. The second-order valence-corrected chi connectivity index (χ2v) is 7.81. The molecule has 0 aliphatic carbocycles. The van der Waals surface area contributed by atoms with Gasteiger partial charge in [-0.3, -0.25) is 15.1 Å². The lowest BCUT2D eigenvalue weighted by Crippen LogP contribution is -2.27. The van der Waals surface area contributed by atoms with Gasteiger partial charge in [0.2, 0.25) is 0 Å². The Morgan fingerprint density at radius 1 is 1.07 bits per heavy atom. The van der Waals surface area contributed by atoms with E-state index in [-0.39, 0.29) is 0 Å². The number of fused-ring (bicyclic) bond motifs is 2. The third-order valence-electron chi connectivity index (χ3n) is 5.81. The molecule has 3 N–H and O–H groups in total. The maximum Gasteiger partial charge on any atom is 0.159 e. The highest BCUT2D eigenvalue weighted by atomic mass is 15.1. The van der Waals surface area contributed by atoms with Gasteiger partial charge in [-0.2, -0.15) is 5.10 Å². The molecular formula is C21H21N9. The van der Waals surface area contributed by atoms with Crippen molar-refractivity contribution in [3.8, 4) is 17.2 Å². The van der Waals surface area contributed by atoms with Crippen LogP contribution in [0, 0.1) is 6.92 Å². The molecule has 0 radical (unpaired) electrons. The van der Waals surface area contributed by atoms with Crippen molar-refractivity contribution in [3.05, 3.63) is 48.6 Å². The number of nitrogens with one attached hydrogen (secondary N) is 3. The van der Waals surface area contributed by atoms with Crippen LogP contribution in [0.25, 0.3) is 39.1 Å². The van der Waals surface area contributed by atoms with E-state index in [2.05, 4.69) is 41.5 Å². The molecule has 5 aromatic rings. The van der Waals surface area contributed by atoms with E-state index in [0.29, 0.717) is 11.7 Å². The fourth-order valence-corrected chi connectivity index (χ4v) is 4.23. The number of aryl methyl sites for hydroxylation is 1. The second-order valence-electron chi connectivity index (χ2n) is 7.81. The Morgan fingerprint density at radius 3 is 2.80 bits per heavy atom. The molecule has 1 aliphatic rings. The fourth-order valence-electron chi connectivity index (χ4n) is 4.23. The summed E-state index contributed by atoms with van der Waals surface area (Å²) in [6, 6.07) is 2.16. The first kappa shape index (κ1) is 17.3. The Kier molecular flexibility index (Phi) is 3.88. The summed E-state index contributed by atoms with van der Waals surface area (Å²) in [4.78, 5) is 21.6. The van der Waals surface area contributed by atoms with Gasteiger partial charge in [0, 0.05) is 23.2 Å². The SMILES string of the molecule is Cc1cn(-c2cncc3[nH]c(-c4n[nH]c5cnc(C6CCNCC6)cc45)nc23)cn1. The number of nitrogens with zero attached hydrogens (tertiary/aromatic N) is 6. The van der Waals surface area contributed by atoms with Crippen molar-refractivity contribution in [2.75, 3.05) is 13.1 Å². The highest BCUT2D eigenvalue weighted by molar-refractivity contribution is 5.94. The summed E-state index contributed by atoms with van der Waals surface area (Å²) >= 11 is 0. The molecule has 9 heteroatoms. The molecule has 0 unspecified atom stereocenters. The van der Waals surface area contributed by atoms with Crippen molar-refractivity contribution in [3.63, 3.8) is 0 Å². The average Bonchev–Trinajstić information content (AvgIpc) is 3.51. The standard InChI is InChI=1S/C21H21N9/c1-12-10-30(11-25-12)18-9-23-7-17-20(18)27-21(26-17)19-14-6-15(13-2-4-22-5-3-13)24-8-16(14)28-29-19/h6-11,13,22H,2-5H2,1H3,(H,26,27)(H,28,29). The Labute approximate surface area is 172 Å². The first-order valence-electron chi connectivity index (χ1n) is 10.2. The van der Waals surface area contributed by atoms with Crippen LogP contribution >= 0.6 is 0 Å². The van der Waals surface area contributed by atoms with Crippen molar-refractivity contribution in [2.45, 2.75) is 25.7 Å². The number of aromatic amines is 2. The molecule has 0 aromatic carbocycles. The molecule has 1 saturated heterocycles. The molecule has 6 rings (SSSR count). The van der Waals surface area contributed by atoms with E-state index in [0.717, 1.165) is 70.6 Å². The molecule has 9 nitrogen and oxygen atoms in total. The van der Waals surface area contributed by atoms with Crippen LogP contribution in [0.15, 0.2) is 37.2 Å². The number of H-pyrrole nitrogens is 2. The highest BCUT2D eigenvalue weighted by Crippen LogP contribution is 2.31. The van der Waals surface area contributed by atoms with Crippen LogP contribution in [-0.4, -0.2) is 52.8 Å². The van der Waals surface area contributed by atoms with Crippen molar-refractivity contribution in [1.29, 1.82) is 0 Å². The molecule has 0 spiro atoms. The number of hydrogen-bond acceptors (Lipinski definition) is 6. The first-order chi connectivity index (χ1) is 14.8. The van der Waals surface area contributed by atoms with E-state index in [1.165, 1.54) is 0 Å². The minimum absolute atomic E-state index is 0.481. The third-order valence-corrected chi connectivity index (χ3v) is 5.81. The van der Waals surface area contributed by atoms with Crippen LogP contribution < -0.4 is 5.32 Å². The zero-order chi connectivity index (χ0) is 20.1. The summed E-state index contributed by atoms with van der Waals surface area (Å²) in [6.45, 7) is 4.04. The van der Waals surface area contributed by atoms with Gasteiger partial charge in [0.1, 0.15) is 11.2 Å². The Hall–Kier alpha value is -3.59. The van der Waals surface area contributed by atoms with Gasteiger partial charge in [-0.15, -0.1) is 0 Å². The quantitative estimate of drug-likeness (QED) is 0.430. The van der Waals surface area contributed by atoms with Crippen LogP contribution in [-0.2, 0) is 0 Å². The smallest absolute Gasteiger partial charge is 0.159 e. The van der Waals surface area contributed by atoms with E-state index in [9.17, 15) is 0 Å². The molecule has 0 bridgehead atoms. The molecule has 1 fully saturated rings. The summed E-state index contributed by atoms with van der Waals surface area (Å²) in [6.07, 6.45) is 11.4. The number of piperidine rings is 1. The predicted octanol–water partition coefficient (Wildman–Crippen LogP) is 2.86. The van der Waals surface area contributed by atoms with Gasteiger partial charge in [-0.25, -0.2) is 9.97 Å². The summed E-state index contributed by atoms with van der Waals surface area (Å²) in [5.74, 6) is 1.19. The summed E-state index contributed by atoms with van der Waals surface area (Å²) in [5, 5.41) is 12.1. The van der Waals surface area contributed by atoms with Crippen molar-refractivity contribution in [2.24, 2.45) is 0 Å². The van der Waals surface area contributed by atoms with Gasteiger partial charge < -0.3 is 14.9 Å². The average molecular weight is 399 g/mol. The number of aromatic nitrogens is 8. The molecule has 0 amide bonds. The molecule has 6 heterocycles. The van der Waals surface area contributed by atoms with Gasteiger partial charge in [0.25, 0.3) is 0 Å². The van der Waals surface area contributed by atoms with E-state index in [4.69, 9.17) is 4.98 Å². The summed E-state index contributed by atoms with van der Waals surface area (Å²) in [5.41, 5.74) is 6.35. The summed E-state index contributed by atoms with van der Waals surface area (Å²) in [7, 11) is 0. The number of rotatable bonds is 3. The first-order valence-corrected chi connectivity index (χ1v) is 10.2. The van der Waals surface area contributed by atoms with Crippen LogP contribution in [0.3, 0.4) is 0 Å². The zero-order valence-corrected chi connectivity index (χ0v) is 16.6. The van der Waals surface area contributed by atoms with E-state index in [1.807, 2.05) is 23.9 Å². The Bertz CT molecular complexity index is 1350. The van der Waals surface area contributed by atoms with Crippen LogP contribution in [0.1, 0.15) is 30.1 Å². The van der Waals surface area contributed by atoms with Crippen molar-refractivity contribution < 1.29 is 0 Å². The normalized spacial score (nSPS) is 15.4. The maximum atomic E-state index is 4.88. The second kappa shape index (κ2) is 6.74. The van der Waals surface area contributed by atoms with Gasteiger partial charge >= 0.3 is 0 Å². The predicted molar refractivity (Wildman–Crippen MR) is 113 cm³/mol. The number of imidazole rings is 2. The van der Waals surface area contributed by atoms with E-state index >= 15 is 0 Å². The van der Waals surface area contributed by atoms with Gasteiger partial charge in [-0.05, 0) is 38.9 Å². The van der Waals surface area contributed by atoms with E-state index < -0.39 is 0 Å². The number of hydrogen-bond donors (Lipinski definition) is 3. The minimum Gasteiger partial charge on any atom is -0.335 e. The van der Waals surface area contributed by atoms with Crippen molar-refractivity contribution in [1.82, 2.24) is 45.0 Å². The molecular weight excluding hydrogens is 378 g/mol. The molecule has 1 aliphatic heterocycles. The largest absolute Gasteiger partial charge is 0.335 e. The maximum absolute atomic E-state index is 4.88. The Balaban J connectivity index is 1.47. The van der Waals surface area contributed by atoms with Gasteiger partial charge in [0.15, 0.2) is 5.82 Å². The van der Waals surface area contributed by atoms with Crippen LogP contribution in [0.5, 0.6) is 0 Å². The van der Waals surface area contributed by atoms with E-state index in [1.54, 1.807) is 18.7 Å². The monoisotopic (exact) mass is 399 g/mol. The summed E-state index contributed by atoms with van der Waals surface area (Å²) < 4.78 is 1.94. The Morgan fingerprint density at radius 2 is 1.97 bits per heavy atom. The highest BCUT2D eigenvalue weighted by Gasteiger charge is 2.20. The lowest BCUT2D eigenvalue weighted by Gasteiger charge is -2.21. The van der Waals surface area contributed by atoms with Crippen LogP contribution in [0.2, 0.25) is 0 Å². The van der Waals surface area contributed by atoms with Gasteiger partial charge in [-0.1, -0.05) is 0 Å².